The summed E-state index contributed by atoms with van der Waals surface area (Å²) in [5.41, 5.74) is 8.89. The van der Waals surface area contributed by atoms with Gasteiger partial charge in [-0.3, -0.25) is 0 Å². The lowest BCUT2D eigenvalue weighted by molar-refractivity contribution is 0.254. The number of unbranched alkanes of at least 4 members (excludes halogenated alkanes) is 4. The average molecular weight is 261 g/mol. The lowest BCUT2D eigenvalue weighted by Crippen LogP contribution is -2.10. The topological polar surface area (TPSA) is 35.2 Å². The van der Waals surface area contributed by atoms with Gasteiger partial charge in [0.1, 0.15) is 11.9 Å². The van der Waals surface area contributed by atoms with E-state index in [1.54, 1.807) is 0 Å². The Morgan fingerprint density at radius 3 is 2.84 bits per heavy atom. The molecule has 2 nitrogen and oxygen atoms in total. The minimum atomic E-state index is 0.183. The fourth-order valence-electron chi connectivity index (χ4n) is 2.81. The second-order valence-electron chi connectivity index (χ2n) is 5.81. The zero-order chi connectivity index (χ0) is 13.7. The molecule has 0 amide bonds. The Balaban J connectivity index is 1.83. The van der Waals surface area contributed by atoms with Gasteiger partial charge in [0, 0.05) is 12.5 Å². The molecular weight excluding hydrogens is 234 g/mol. The van der Waals surface area contributed by atoms with Crippen molar-refractivity contribution in [1.82, 2.24) is 0 Å². The third-order valence-electron chi connectivity index (χ3n) is 3.97. The van der Waals surface area contributed by atoms with Gasteiger partial charge in [0.05, 0.1) is 0 Å². The standard InChI is InChI=1S/C17H27NO/c1-3-4-5-6-7-8-16(18)14-9-10-17-15(12-14)11-13(2)19-17/h9-10,12-13,16H,3-8,11,18H2,1-2H3. The number of hydrogen-bond acceptors (Lipinski definition) is 2. The molecule has 1 aromatic rings. The summed E-state index contributed by atoms with van der Waals surface area (Å²) in [6.45, 7) is 4.37. The second-order valence-corrected chi connectivity index (χ2v) is 5.81. The minimum absolute atomic E-state index is 0.183. The van der Waals surface area contributed by atoms with Crippen LogP contribution in [0.15, 0.2) is 18.2 Å². The molecule has 0 fully saturated rings. The van der Waals surface area contributed by atoms with Crippen molar-refractivity contribution in [2.75, 3.05) is 0 Å². The molecule has 2 unspecified atom stereocenters. The summed E-state index contributed by atoms with van der Waals surface area (Å²) < 4.78 is 5.73. The predicted molar refractivity (Wildman–Crippen MR) is 80.5 cm³/mol. The third kappa shape index (κ3) is 3.97. The van der Waals surface area contributed by atoms with E-state index in [9.17, 15) is 0 Å². The van der Waals surface area contributed by atoms with E-state index in [0.29, 0.717) is 6.10 Å². The van der Waals surface area contributed by atoms with Gasteiger partial charge in [0.15, 0.2) is 0 Å². The number of fused-ring (bicyclic) bond motifs is 1. The molecule has 1 aliphatic rings. The molecule has 0 saturated heterocycles. The van der Waals surface area contributed by atoms with Crippen molar-refractivity contribution in [3.05, 3.63) is 29.3 Å². The van der Waals surface area contributed by atoms with Crippen molar-refractivity contribution in [2.45, 2.75) is 70.9 Å². The van der Waals surface area contributed by atoms with E-state index in [1.165, 1.54) is 43.2 Å². The van der Waals surface area contributed by atoms with Crippen molar-refractivity contribution in [2.24, 2.45) is 5.73 Å². The molecule has 1 aromatic carbocycles. The van der Waals surface area contributed by atoms with Crippen molar-refractivity contribution < 1.29 is 4.74 Å². The number of benzene rings is 1. The van der Waals surface area contributed by atoms with Crippen molar-refractivity contribution in [3.8, 4) is 5.75 Å². The van der Waals surface area contributed by atoms with Crippen LogP contribution in [-0.2, 0) is 6.42 Å². The molecule has 2 heteroatoms. The van der Waals surface area contributed by atoms with Gasteiger partial charge in [-0.2, -0.15) is 0 Å². The van der Waals surface area contributed by atoms with Crippen molar-refractivity contribution >= 4 is 0 Å². The van der Waals surface area contributed by atoms with E-state index >= 15 is 0 Å². The Morgan fingerprint density at radius 1 is 1.26 bits per heavy atom. The maximum absolute atomic E-state index is 6.30. The normalized spacial score (nSPS) is 19.0. The molecule has 0 saturated carbocycles. The van der Waals surface area contributed by atoms with Gasteiger partial charge in [0.25, 0.3) is 0 Å². The molecule has 0 aromatic heterocycles. The Morgan fingerprint density at radius 2 is 2.05 bits per heavy atom. The zero-order valence-corrected chi connectivity index (χ0v) is 12.3. The summed E-state index contributed by atoms with van der Waals surface area (Å²) in [5.74, 6) is 1.05. The predicted octanol–water partition coefficient (Wildman–Crippen LogP) is 4.37. The average Bonchev–Trinajstić information content (AvgIpc) is 2.77. The SMILES string of the molecule is CCCCCCCC(N)c1ccc2c(c1)CC(C)O2. The fraction of sp³-hybridized carbons (Fsp3) is 0.647. The highest BCUT2D eigenvalue weighted by atomic mass is 16.5. The van der Waals surface area contributed by atoms with E-state index in [1.807, 2.05) is 0 Å². The smallest absolute Gasteiger partial charge is 0.123 e. The van der Waals surface area contributed by atoms with E-state index in [4.69, 9.17) is 10.5 Å². The zero-order valence-electron chi connectivity index (χ0n) is 12.3. The fourth-order valence-corrected chi connectivity index (χ4v) is 2.81. The molecule has 0 radical (unpaired) electrons. The number of ether oxygens (including phenoxy) is 1. The summed E-state index contributed by atoms with van der Waals surface area (Å²) in [7, 11) is 0. The molecule has 1 aliphatic heterocycles. The molecule has 19 heavy (non-hydrogen) atoms. The van der Waals surface area contributed by atoms with Crippen LogP contribution in [0.3, 0.4) is 0 Å². The van der Waals surface area contributed by atoms with Crippen LogP contribution in [0.2, 0.25) is 0 Å². The molecule has 2 N–H and O–H groups in total. The van der Waals surface area contributed by atoms with Crippen LogP contribution < -0.4 is 10.5 Å². The lowest BCUT2D eigenvalue weighted by atomic mass is 9.98. The number of nitrogens with two attached hydrogens (primary N) is 1. The highest BCUT2D eigenvalue weighted by Gasteiger charge is 2.19. The first-order chi connectivity index (χ1) is 9.20. The van der Waals surface area contributed by atoms with Crippen LogP contribution in [0.5, 0.6) is 5.75 Å². The Hall–Kier alpha value is -1.02. The number of rotatable bonds is 7. The first kappa shape index (κ1) is 14.4. The monoisotopic (exact) mass is 261 g/mol. The summed E-state index contributed by atoms with van der Waals surface area (Å²) in [6, 6.07) is 6.65. The van der Waals surface area contributed by atoms with Gasteiger partial charge in [-0.15, -0.1) is 0 Å². The highest BCUT2D eigenvalue weighted by molar-refractivity contribution is 5.41. The van der Waals surface area contributed by atoms with Crippen LogP contribution in [0.1, 0.15) is 69.5 Å². The maximum atomic E-state index is 6.30. The van der Waals surface area contributed by atoms with E-state index < -0.39 is 0 Å². The van der Waals surface area contributed by atoms with Crippen LogP contribution in [0.25, 0.3) is 0 Å². The Bertz CT molecular complexity index is 402. The molecule has 0 bridgehead atoms. The van der Waals surface area contributed by atoms with Gasteiger partial charge >= 0.3 is 0 Å². The lowest BCUT2D eigenvalue weighted by Gasteiger charge is -2.13. The summed E-state index contributed by atoms with van der Waals surface area (Å²) in [6.07, 6.45) is 8.98. The first-order valence-corrected chi connectivity index (χ1v) is 7.75. The Kier molecular flexibility index (Phi) is 5.26. The molecule has 2 rings (SSSR count). The molecule has 106 valence electrons. The van der Waals surface area contributed by atoms with Crippen molar-refractivity contribution in [3.63, 3.8) is 0 Å². The van der Waals surface area contributed by atoms with E-state index in [0.717, 1.165) is 18.6 Å². The van der Waals surface area contributed by atoms with E-state index in [-0.39, 0.29) is 6.04 Å². The van der Waals surface area contributed by atoms with Gasteiger partial charge in [-0.25, -0.2) is 0 Å². The molecule has 0 aliphatic carbocycles. The first-order valence-electron chi connectivity index (χ1n) is 7.75. The van der Waals surface area contributed by atoms with Crippen LogP contribution in [-0.4, -0.2) is 6.10 Å². The maximum Gasteiger partial charge on any atom is 0.123 e. The van der Waals surface area contributed by atoms with Gasteiger partial charge < -0.3 is 10.5 Å². The van der Waals surface area contributed by atoms with Crippen LogP contribution in [0, 0.1) is 0 Å². The van der Waals surface area contributed by atoms with Crippen LogP contribution >= 0.6 is 0 Å². The molecular formula is C17H27NO. The summed E-state index contributed by atoms with van der Waals surface area (Å²) in [4.78, 5) is 0. The van der Waals surface area contributed by atoms with E-state index in [2.05, 4.69) is 32.0 Å². The number of hydrogen-bond donors (Lipinski definition) is 1. The van der Waals surface area contributed by atoms with Gasteiger partial charge in [0.2, 0.25) is 0 Å². The van der Waals surface area contributed by atoms with Gasteiger partial charge in [-0.05, 0) is 30.5 Å². The molecule has 0 spiro atoms. The highest BCUT2D eigenvalue weighted by Crippen LogP contribution is 2.31. The quantitative estimate of drug-likeness (QED) is 0.740. The molecule has 2 atom stereocenters. The van der Waals surface area contributed by atoms with Gasteiger partial charge in [-0.1, -0.05) is 51.2 Å². The van der Waals surface area contributed by atoms with Crippen LogP contribution in [0.4, 0.5) is 0 Å². The molecule has 1 heterocycles. The summed E-state index contributed by atoms with van der Waals surface area (Å²) >= 11 is 0. The largest absolute Gasteiger partial charge is 0.490 e. The second kappa shape index (κ2) is 6.95. The Labute approximate surface area is 117 Å². The minimum Gasteiger partial charge on any atom is -0.490 e. The third-order valence-corrected chi connectivity index (χ3v) is 3.97. The van der Waals surface area contributed by atoms with Crippen molar-refractivity contribution in [1.29, 1.82) is 0 Å². The summed E-state index contributed by atoms with van der Waals surface area (Å²) in [5, 5.41) is 0.